The summed E-state index contributed by atoms with van der Waals surface area (Å²) in [4.78, 5) is 0. The van der Waals surface area contributed by atoms with Crippen LogP contribution in [0.1, 0.15) is 16.7 Å². The van der Waals surface area contributed by atoms with Crippen LogP contribution in [0.3, 0.4) is 0 Å². The molecule has 1 heteroatoms. The van der Waals surface area contributed by atoms with E-state index in [1.54, 1.807) is 7.11 Å². The summed E-state index contributed by atoms with van der Waals surface area (Å²) < 4.78 is 5.19. The summed E-state index contributed by atoms with van der Waals surface area (Å²) in [5, 5.41) is 0. The first-order chi connectivity index (χ1) is 5.16. The first-order valence-electron chi connectivity index (χ1n) is 3.63. The van der Waals surface area contributed by atoms with Crippen molar-refractivity contribution in [2.75, 3.05) is 7.11 Å². The zero-order chi connectivity index (χ0) is 8.43. The molecule has 0 amide bonds. The van der Waals surface area contributed by atoms with Gasteiger partial charge in [0.05, 0.1) is 7.11 Å². The molecule has 0 aliphatic heterocycles. The third-order valence-electron chi connectivity index (χ3n) is 1.96. The molecule has 0 saturated heterocycles. The fourth-order valence-corrected chi connectivity index (χ4v) is 1.13. The first kappa shape index (κ1) is 8.12. The van der Waals surface area contributed by atoms with Crippen molar-refractivity contribution in [3.63, 3.8) is 0 Å². The highest BCUT2D eigenvalue weighted by Gasteiger charge is 2.03. The molecule has 1 aromatic carbocycles. The zero-order valence-electron chi connectivity index (χ0n) is 7.27. The molecule has 0 N–H and O–H groups in total. The third-order valence-corrected chi connectivity index (χ3v) is 1.96. The van der Waals surface area contributed by atoms with Crippen molar-refractivity contribution < 1.29 is 4.74 Å². The standard InChI is InChI=1S/C10H13O/c1-7-5-6-8(2)10(11-4)9(7)3/h5-6H,2H2,1,3-4H3. The number of hydrogen-bond acceptors (Lipinski definition) is 1. The van der Waals surface area contributed by atoms with Crippen LogP contribution in [0.25, 0.3) is 0 Å². The number of rotatable bonds is 1. The second-order valence-corrected chi connectivity index (χ2v) is 2.70. The molecular formula is C10H13O. The minimum Gasteiger partial charge on any atom is -0.496 e. The summed E-state index contributed by atoms with van der Waals surface area (Å²) in [6.45, 7) is 7.98. The van der Waals surface area contributed by atoms with Crippen molar-refractivity contribution in [2.45, 2.75) is 13.8 Å². The van der Waals surface area contributed by atoms with Crippen LogP contribution >= 0.6 is 0 Å². The van der Waals surface area contributed by atoms with E-state index in [1.165, 1.54) is 11.1 Å². The van der Waals surface area contributed by atoms with Crippen LogP contribution in [0, 0.1) is 20.8 Å². The number of benzene rings is 1. The Morgan fingerprint density at radius 2 is 1.91 bits per heavy atom. The quantitative estimate of drug-likeness (QED) is 0.596. The molecule has 0 aliphatic carbocycles. The average molecular weight is 149 g/mol. The van der Waals surface area contributed by atoms with Crippen molar-refractivity contribution in [1.29, 1.82) is 0 Å². The van der Waals surface area contributed by atoms with Gasteiger partial charge in [0.15, 0.2) is 0 Å². The Morgan fingerprint density at radius 3 is 2.36 bits per heavy atom. The van der Waals surface area contributed by atoms with Crippen molar-refractivity contribution in [1.82, 2.24) is 0 Å². The molecule has 1 rings (SSSR count). The molecule has 0 aliphatic rings. The van der Waals surface area contributed by atoms with E-state index in [1.807, 2.05) is 13.0 Å². The van der Waals surface area contributed by atoms with E-state index < -0.39 is 0 Å². The number of hydrogen-bond donors (Lipinski definition) is 0. The van der Waals surface area contributed by atoms with E-state index in [4.69, 9.17) is 4.74 Å². The fraction of sp³-hybridized carbons (Fsp3) is 0.300. The van der Waals surface area contributed by atoms with Crippen LogP contribution in [-0.4, -0.2) is 7.11 Å². The average Bonchev–Trinajstić information content (AvgIpc) is 1.99. The van der Waals surface area contributed by atoms with Gasteiger partial charge in [-0.25, -0.2) is 0 Å². The molecule has 0 unspecified atom stereocenters. The SMILES string of the molecule is [CH2]c1ccc(C)c(C)c1OC. The van der Waals surface area contributed by atoms with Crippen LogP contribution < -0.4 is 4.74 Å². The molecular weight excluding hydrogens is 136 g/mol. The van der Waals surface area contributed by atoms with Gasteiger partial charge >= 0.3 is 0 Å². The number of aryl methyl sites for hydroxylation is 1. The number of methoxy groups -OCH3 is 1. The Hall–Kier alpha value is -0.980. The maximum absolute atomic E-state index is 5.19. The summed E-state index contributed by atoms with van der Waals surface area (Å²) in [5.41, 5.74) is 3.38. The van der Waals surface area contributed by atoms with Crippen molar-refractivity contribution in [3.05, 3.63) is 35.7 Å². The third kappa shape index (κ3) is 1.37. The summed E-state index contributed by atoms with van der Waals surface area (Å²) >= 11 is 0. The molecule has 11 heavy (non-hydrogen) atoms. The Bertz CT molecular complexity index is 264. The molecule has 0 spiro atoms. The van der Waals surface area contributed by atoms with Crippen LogP contribution in [0.2, 0.25) is 0 Å². The number of ether oxygens (including phenoxy) is 1. The smallest absolute Gasteiger partial charge is 0.125 e. The van der Waals surface area contributed by atoms with Crippen LogP contribution in [0.4, 0.5) is 0 Å². The predicted octanol–water partition coefficient (Wildman–Crippen LogP) is 2.49. The largest absolute Gasteiger partial charge is 0.496 e. The molecule has 1 nitrogen and oxygen atoms in total. The monoisotopic (exact) mass is 149 g/mol. The van der Waals surface area contributed by atoms with Gasteiger partial charge in [-0.15, -0.1) is 0 Å². The lowest BCUT2D eigenvalue weighted by Gasteiger charge is -2.09. The van der Waals surface area contributed by atoms with Crippen molar-refractivity contribution in [3.8, 4) is 5.75 Å². The van der Waals surface area contributed by atoms with E-state index in [2.05, 4.69) is 19.9 Å². The molecule has 0 heterocycles. The van der Waals surface area contributed by atoms with Gasteiger partial charge in [0, 0.05) is 0 Å². The molecule has 0 aromatic heterocycles. The van der Waals surface area contributed by atoms with Gasteiger partial charge in [0.2, 0.25) is 0 Å². The Morgan fingerprint density at radius 1 is 1.27 bits per heavy atom. The van der Waals surface area contributed by atoms with Crippen LogP contribution in [0.15, 0.2) is 12.1 Å². The predicted molar refractivity (Wildman–Crippen MR) is 46.9 cm³/mol. The molecule has 1 aromatic rings. The highest BCUT2D eigenvalue weighted by molar-refractivity contribution is 5.46. The van der Waals surface area contributed by atoms with Crippen molar-refractivity contribution in [2.24, 2.45) is 0 Å². The molecule has 0 bridgehead atoms. The summed E-state index contributed by atoms with van der Waals surface area (Å²) in [6, 6.07) is 4.03. The fourth-order valence-electron chi connectivity index (χ4n) is 1.13. The lowest BCUT2D eigenvalue weighted by Crippen LogP contribution is -1.92. The summed E-state index contributed by atoms with van der Waals surface area (Å²) in [6.07, 6.45) is 0. The topological polar surface area (TPSA) is 9.23 Å². The Kier molecular flexibility index (Phi) is 2.18. The van der Waals surface area contributed by atoms with Gasteiger partial charge in [-0.3, -0.25) is 0 Å². The molecule has 0 fully saturated rings. The second-order valence-electron chi connectivity index (χ2n) is 2.70. The Balaban J connectivity index is 3.29. The van der Waals surface area contributed by atoms with Crippen LogP contribution in [0.5, 0.6) is 5.75 Å². The van der Waals surface area contributed by atoms with Gasteiger partial charge in [-0.2, -0.15) is 0 Å². The second kappa shape index (κ2) is 2.95. The van der Waals surface area contributed by atoms with Gasteiger partial charge < -0.3 is 4.74 Å². The van der Waals surface area contributed by atoms with E-state index in [0.29, 0.717) is 0 Å². The van der Waals surface area contributed by atoms with Gasteiger partial charge in [-0.05, 0) is 37.5 Å². The van der Waals surface area contributed by atoms with E-state index in [9.17, 15) is 0 Å². The van der Waals surface area contributed by atoms with Gasteiger partial charge in [-0.1, -0.05) is 12.1 Å². The maximum atomic E-state index is 5.19. The molecule has 59 valence electrons. The van der Waals surface area contributed by atoms with Crippen molar-refractivity contribution >= 4 is 0 Å². The highest BCUT2D eigenvalue weighted by Crippen LogP contribution is 2.24. The Labute approximate surface area is 68.0 Å². The summed E-state index contributed by atoms with van der Waals surface area (Å²) in [5.74, 6) is 0.907. The lowest BCUT2D eigenvalue weighted by atomic mass is 10.1. The van der Waals surface area contributed by atoms with E-state index in [-0.39, 0.29) is 0 Å². The molecule has 0 saturated carbocycles. The first-order valence-corrected chi connectivity index (χ1v) is 3.63. The minimum atomic E-state index is 0.907. The van der Waals surface area contributed by atoms with Gasteiger partial charge in [0.1, 0.15) is 5.75 Å². The lowest BCUT2D eigenvalue weighted by molar-refractivity contribution is 0.409. The minimum absolute atomic E-state index is 0.907. The van der Waals surface area contributed by atoms with E-state index >= 15 is 0 Å². The maximum Gasteiger partial charge on any atom is 0.125 e. The molecule has 1 radical (unpaired) electrons. The van der Waals surface area contributed by atoms with Gasteiger partial charge in [0.25, 0.3) is 0 Å². The zero-order valence-corrected chi connectivity index (χ0v) is 7.27. The van der Waals surface area contributed by atoms with E-state index in [0.717, 1.165) is 11.3 Å². The molecule has 0 atom stereocenters. The highest BCUT2D eigenvalue weighted by atomic mass is 16.5. The van der Waals surface area contributed by atoms with Crippen LogP contribution in [-0.2, 0) is 0 Å². The summed E-state index contributed by atoms with van der Waals surface area (Å²) in [7, 11) is 1.68. The normalized spacial score (nSPS) is 9.82.